The summed E-state index contributed by atoms with van der Waals surface area (Å²) in [7, 11) is 0. The summed E-state index contributed by atoms with van der Waals surface area (Å²) in [4.78, 5) is 5.60. The van der Waals surface area contributed by atoms with Gasteiger partial charge >= 0.3 is 12.5 Å². The van der Waals surface area contributed by atoms with Gasteiger partial charge in [-0.05, 0) is 0 Å². The average Bonchev–Trinajstić information content (AvgIpc) is 1.94. The van der Waals surface area contributed by atoms with Crippen molar-refractivity contribution in [3.05, 3.63) is 10.7 Å². The Morgan fingerprint density at radius 2 is 1.59 bits per heavy atom. The summed E-state index contributed by atoms with van der Waals surface area (Å²) < 4.78 is 75.7. The number of halogens is 7. The molecule has 0 fully saturated rings. The van der Waals surface area contributed by atoms with Gasteiger partial charge in [-0.2, -0.15) is 18.2 Å². The van der Waals surface area contributed by atoms with E-state index in [4.69, 9.17) is 17.3 Å². The second-order valence-electron chi connectivity index (χ2n) is 2.60. The summed E-state index contributed by atoms with van der Waals surface area (Å²) in [5.74, 6) is -2.66. The van der Waals surface area contributed by atoms with E-state index in [-0.39, 0.29) is 0 Å². The van der Waals surface area contributed by atoms with Crippen molar-refractivity contribution in [1.82, 2.24) is 9.97 Å². The van der Waals surface area contributed by atoms with Crippen LogP contribution < -0.4 is 10.5 Å². The number of anilines is 1. The van der Waals surface area contributed by atoms with Crippen molar-refractivity contribution >= 4 is 17.5 Å². The molecule has 96 valence electrons. The fourth-order valence-electron chi connectivity index (χ4n) is 0.851. The smallest absolute Gasteiger partial charge is 0.387 e. The summed E-state index contributed by atoms with van der Waals surface area (Å²) in [5.41, 5.74) is 2.93. The minimum atomic E-state index is -5.36. The highest BCUT2D eigenvalue weighted by Gasteiger charge is 2.43. The number of hydrogen-bond donors (Lipinski definition) is 1. The molecule has 0 spiro atoms. The van der Waals surface area contributed by atoms with E-state index in [1.54, 1.807) is 0 Å². The van der Waals surface area contributed by atoms with E-state index in [1.807, 2.05) is 0 Å². The normalized spacial score (nSPS) is 12.6. The van der Waals surface area contributed by atoms with Crippen LogP contribution in [0.5, 0.6) is 5.88 Å². The molecular formula is C6H2ClF6N3O. The zero-order valence-corrected chi connectivity index (χ0v) is 8.28. The molecule has 0 aromatic carbocycles. The van der Waals surface area contributed by atoms with Crippen LogP contribution in [-0.4, -0.2) is 16.3 Å². The van der Waals surface area contributed by atoms with Crippen LogP contribution in [0.2, 0.25) is 5.15 Å². The number of rotatable bonds is 1. The van der Waals surface area contributed by atoms with Gasteiger partial charge in [0.05, 0.1) is 0 Å². The van der Waals surface area contributed by atoms with Crippen LogP contribution in [0.25, 0.3) is 0 Å². The lowest BCUT2D eigenvalue weighted by Gasteiger charge is -2.14. The van der Waals surface area contributed by atoms with Crippen LogP contribution >= 0.6 is 11.6 Å². The van der Waals surface area contributed by atoms with Crippen LogP contribution in [-0.2, 0) is 6.18 Å². The summed E-state index contributed by atoms with van der Waals surface area (Å²) in [6.45, 7) is 0. The third-order valence-corrected chi connectivity index (χ3v) is 1.62. The SMILES string of the molecule is Nc1nc(Cl)c(C(F)(F)F)c(OC(F)(F)F)n1. The largest absolute Gasteiger partial charge is 0.574 e. The van der Waals surface area contributed by atoms with Gasteiger partial charge in [0, 0.05) is 0 Å². The van der Waals surface area contributed by atoms with Crippen LogP contribution in [0.4, 0.5) is 32.3 Å². The van der Waals surface area contributed by atoms with Gasteiger partial charge in [-0.1, -0.05) is 11.6 Å². The maximum Gasteiger partial charge on any atom is 0.574 e. The predicted octanol–water partition coefficient (Wildman–Crippen LogP) is 2.63. The van der Waals surface area contributed by atoms with Crippen molar-refractivity contribution in [3.8, 4) is 5.88 Å². The molecule has 0 saturated carbocycles. The molecule has 0 aliphatic heterocycles. The summed E-state index contributed by atoms with van der Waals surface area (Å²) in [6, 6.07) is 0. The van der Waals surface area contributed by atoms with Gasteiger partial charge in [-0.25, -0.2) is 4.98 Å². The lowest BCUT2D eigenvalue weighted by molar-refractivity contribution is -0.277. The van der Waals surface area contributed by atoms with E-state index in [1.165, 1.54) is 0 Å². The van der Waals surface area contributed by atoms with Crippen molar-refractivity contribution in [2.24, 2.45) is 0 Å². The van der Waals surface area contributed by atoms with Crippen molar-refractivity contribution in [2.75, 3.05) is 5.73 Å². The van der Waals surface area contributed by atoms with Crippen molar-refractivity contribution in [2.45, 2.75) is 12.5 Å². The van der Waals surface area contributed by atoms with E-state index in [0.717, 1.165) is 0 Å². The highest BCUT2D eigenvalue weighted by molar-refractivity contribution is 6.30. The molecule has 1 heterocycles. The van der Waals surface area contributed by atoms with Gasteiger partial charge in [-0.15, -0.1) is 13.2 Å². The highest BCUT2D eigenvalue weighted by Crippen LogP contribution is 2.41. The van der Waals surface area contributed by atoms with Crippen LogP contribution in [0.3, 0.4) is 0 Å². The molecular weight excluding hydrogens is 280 g/mol. The molecule has 1 aromatic rings. The summed E-state index contributed by atoms with van der Waals surface area (Å²) >= 11 is 5.05. The first-order valence-electron chi connectivity index (χ1n) is 3.66. The molecule has 0 bridgehead atoms. The van der Waals surface area contributed by atoms with Gasteiger partial charge in [0.1, 0.15) is 0 Å². The zero-order chi connectivity index (χ0) is 13.4. The first-order chi connectivity index (χ1) is 7.50. The maximum atomic E-state index is 12.4. The quantitative estimate of drug-likeness (QED) is 0.635. The maximum absolute atomic E-state index is 12.4. The predicted molar refractivity (Wildman–Crippen MR) is 43.1 cm³/mol. The molecule has 0 aliphatic carbocycles. The summed E-state index contributed by atoms with van der Waals surface area (Å²) in [5, 5.41) is -1.27. The number of hydrogen-bond acceptors (Lipinski definition) is 4. The number of ether oxygens (including phenoxy) is 1. The molecule has 0 radical (unpaired) electrons. The Morgan fingerprint density at radius 3 is 2.00 bits per heavy atom. The van der Waals surface area contributed by atoms with Crippen LogP contribution in [0.1, 0.15) is 5.56 Å². The number of alkyl halides is 6. The molecule has 0 amide bonds. The lowest BCUT2D eigenvalue weighted by atomic mass is 10.3. The molecule has 0 saturated heterocycles. The first-order valence-corrected chi connectivity index (χ1v) is 4.04. The molecule has 1 aromatic heterocycles. The number of nitrogens with zero attached hydrogens (tertiary/aromatic N) is 2. The third-order valence-electron chi connectivity index (χ3n) is 1.34. The molecule has 4 nitrogen and oxygen atoms in total. The second kappa shape index (κ2) is 4.09. The first kappa shape index (κ1) is 13.6. The topological polar surface area (TPSA) is 61.0 Å². The van der Waals surface area contributed by atoms with E-state index in [0.29, 0.717) is 0 Å². The lowest BCUT2D eigenvalue weighted by Crippen LogP contribution is -2.22. The number of nitrogens with two attached hydrogens (primary N) is 1. The molecule has 11 heteroatoms. The molecule has 2 N–H and O–H groups in total. The number of nitrogen functional groups attached to an aromatic ring is 1. The fraction of sp³-hybridized carbons (Fsp3) is 0.333. The number of aromatic nitrogens is 2. The van der Waals surface area contributed by atoms with Gasteiger partial charge in [-0.3, -0.25) is 0 Å². The third kappa shape index (κ3) is 3.51. The molecule has 0 unspecified atom stereocenters. The minimum Gasteiger partial charge on any atom is -0.387 e. The standard InChI is InChI=1S/C6H2ClF6N3O/c7-2-1(5(8,9)10)3(16-4(14)15-2)17-6(11,12)13/h(H2,14,15,16). The Balaban J connectivity index is 3.36. The van der Waals surface area contributed by atoms with E-state index < -0.39 is 35.1 Å². The Morgan fingerprint density at radius 1 is 1.06 bits per heavy atom. The highest BCUT2D eigenvalue weighted by atomic mass is 35.5. The van der Waals surface area contributed by atoms with Crippen molar-refractivity contribution in [3.63, 3.8) is 0 Å². The second-order valence-corrected chi connectivity index (χ2v) is 2.96. The van der Waals surface area contributed by atoms with Crippen molar-refractivity contribution in [1.29, 1.82) is 0 Å². The van der Waals surface area contributed by atoms with Gasteiger partial charge in [0.2, 0.25) is 11.8 Å². The fourth-order valence-corrected chi connectivity index (χ4v) is 1.13. The Labute approximate surface area is 94.4 Å². The molecule has 1 rings (SSSR count). The van der Waals surface area contributed by atoms with Gasteiger partial charge in [0.25, 0.3) is 0 Å². The van der Waals surface area contributed by atoms with E-state index in [2.05, 4.69) is 14.7 Å². The Hall–Kier alpha value is -1.45. The zero-order valence-electron chi connectivity index (χ0n) is 7.53. The Bertz CT molecular complexity index is 431. The molecule has 0 aliphatic rings. The Kier molecular flexibility index (Phi) is 3.28. The van der Waals surface area contributed by atoms with E-state index in [9.17, 15) is 26.3 Å². The van der Waals surface area contributed by atoms with Crippen LogP contribution in [0.15, 0.2) is 0 Å². The van der Waals surface area contributed by atoms with Gasteiger partial charge < -0.3 is 10.5 Å². The van der Waals surface area contributed by atoms with Gasteiger partial charge in [0.15, 0.2) is 10.7 Å². The summed E-state index contributed by atoms with van der Waals surface area (Å²) in [6.07, 6.45) is -10.6. The van der Waals surface area contributed by atoms with E-state index >= 15 is 0 Å². The monoisotopic (exact) mass is 281 g/mol. The van der Waals surface area contributed by atoms with Crippen LogP contribution in [0, 0.1) is 0 Å². The van der Waals surface area contributed by atoms with Crippen molar-refractivity contribution < 1.29 is 31.1 Å². The average molecular weight is 282 g/mol. The minimum absolute atomic E-state index is 0.873. The molecule has 17 heavy (non-hydrogen) atoms. The molecule has 0 atom stereocenters.